The van der Waals surface area contributed by atoms with Crippen LogP contribution in [-0.4, -0.2) is 55.0 Å². The summed E-state index contributed by atoms with van der Waals surface area (Å²) in [5.74, 6) is -0.622. The minimum atomic E-state index is -2.98. The summed E-state index contributed by atoms with van der Waals surface area (Å²) in [7, 11) is -2.98. The van der Waals surface area contributed by atoms with Crippen molar-refractivity contribution < 1.29 is 18.3 Å². The lowest BCUT2D eigenvalue weighted by molar-refractivity contribution is -0.138. The smallest absolute Gasteiger partial charge is 0.304 e. The second-order valence-corrected chi connectivity index (χ2v) is 6.28. The number of carboxylic acids is 1. The summed E-state index contributed by atoms with van der Waals surface area (Å²) in [6, 6.07) is -0.130. The van der Waals surface area contributed by atoms with E-state index in [1.54, 1.807) is 13.8 Å². The van der Waals surface area contributed by atoms with E-state index < -0.39 is 15.8 Å². The van der Waals surface area contributed by atoms with Gasteiger partial charge in [-0.1, -0.05) is 13.8 Å². The van der Waals surface area contributed by atoms with E-state index in [-0.39, 0.29) is 24.0 Å². The number of aliphatic carboxylic acids is 1. The molecule has 0 aromatic heterocycles. The highest BCUT2D eigenvalue weighted by atomic mass is 32.2. The summed E-state index contributed by atoms with van der Waals surface area (Å²) < 4.78 is 22.6. The van der Waals surface area contributed by atoms with Gasteiger partial charge in [-0.25, -0.2) is 8.42 Å². The molecule has 1 N–H and O–H groups in total. The van der Waals surface area contributed by atoms with Crippen LogP contribution >= 0.6 is 0 Å². The number of rotatable bonds is 8. The lowest BCUT2D eigenvalue weighted by Crippen LogP contribution is -2.38. The highest BCUT2D eigenvalue weighted by Crippen LogP contribution is 2.04. The zero-order chi connectivity index (χ0) is 12.8. The molecule has 5 nitrogen and oxygen atoms in total. The van der Waals surface area contributed by atoms with Gasteiger partial charge in [0.05, 0.1) is 12.2 Å². The van der Waals surface area contributed by atoms with Crippen LogP contribution < -0.4 is 0 Å². The molecule has 0 bridgehead atoms. The summed E-state index contributed by atoms with van der Waals surface area (Å²) in [5, 5.41) is 8.66. The van der Waals surface area contributed by atoms with Gasteiger partial charge in [0.15, 0.2) is 9.84 Å². The van der Waals surface area contributed by atoms with Crippen LogP contribution in [0.4, 0.5) is 0 Å². The van der Waals surface area contributed by atoms with Gasteiger partial charge < -0.3 is 5.11 Å². The van der Waals surface area contributed by atoms with Crippen LogP contribution in [0.3, 0.4) is 0 Å². The first kappa shape index (κ1) is 15.4. The maximum Gasteiger partial charge on any atom is 0.304 e. The molecule has 1 atom stereocenters. The van der Waals surface area contributed by atoms with Crippen molar-refractivity contribution in [3.63, 3.8) is 0 Å². The Bertz CT molecular complexity index is 313. The van der Waals surface area contributed by atoms with E-state index in [0.717, 1.165) is 0 Å². The molecule has 0 aromatic rings. The van der Waals surface area contributed by atoms with Crippen LogP contribution in [0, 0.1) is 0 Å². The van der Waals surface area contributed by atoms with Gasteiger partial charge in [-0.05, 0) is 13.5 Å². The largest absolute Gasteiger partial charge is 0.481 e. The number of nitrogens with zero attached hydrogens (tertiary/aromatic N) is 1. The molecule has 0 saturated carbocycles. The van der Waals surface area contributed by atoms with Crippen molar-refractivity contribution >= 4 is 15.8 Å². The van der Waals surface area contributed by atoms with Crippen molar-refractivity contribution in [2.45, 2.75) is 33.2 Å². The lowest BCUT2D eigenvalue weighted by Gasteiger charge is -2.26. The monoisotopic (exact) mass is 251 g/mol. The van der Waals surface area contributed by atoms with Crippen molar-refractivity contribution in [1.82, 2.24) is 4.90 Å². The minimum Gasteiger partial charge on any atom is -0.481 e. The Morgan fingerprint density at radius 1 is 1.38 bits per heavy atom. The van der Waals surface area contributed by atoms with E-state index in [0.29, 0.717) is 13.1 Å². The Balaban J connectivity index is 4.25. The second-order valence-electron chi connectivity index (χ2n) is 3.81. The predicted octanol–water partition coefficient (Wildman–Crippen LogP) is 0.606. The van der Waals surface area contributed by atoms with Crippen molar-refractivity contribution in [1.29, 1.82) is 0 Å². The lowest BCUT2D eigenvalue weighted by atomic mass is 10.2. The molecule has 0 radical (unpaired) electrons. The number of hydrogen-bond donors (Lipinski definition) is 1. The first-order chi connectivity index (χ1) is 7.32. The topological polar surface area (TPSA) is 74.7 Å². The zero-order valence-electron chi connectivity index (χ0n) is 10.1. The Kier molecular flexibility index (Phi) is 6.59. The first-order valence-corrected chi connectivity index (χ1v) is 7.30. The molecule has 0 fully saturated rings. The van der Waals surface area contributed by atoms with Gasteiger partial charge in [-0.3, -0.25) is 9.69 Å². The summed E-state index contributed by atoms with van der Waals surface area (Å²) in [5.41, 5.74) is 0. The zero-order valence-corrected chi connectivity index (χ0v) is 11.0. The highest BCUT2D eigenvalue weighted by Gasteiger charge is 2.17. The second kappa shape index (κ2) is 6.85. The molecule has 0 heterocycles. The SMILES string of the molecule is CCN(CCS(=O)(=O)CC)C(C)CC(=O)O. The molecular formula is C10H21NO4S. The number of carboxylic acid groups (broad SMARTS) is 1. The third-order valence-electron chi connectivity index (χ3n) is 2.63. The molecule has 6 heteroatoms. The molecule has 16 heavy (non-hydrogen) atoms. The van der Waals surface area contributed by atoms with Crippen LogP contribution in [0.1, 0.15) is 27.2 Å². The fraction of sp³-hybridized carbons (Fsp3) is 0.900. The summed E-state index contributed by atoms with van der Waals surface area (Å²) in [6.07, 6.45) is 0.0417. The van der Waals surface area contributed by atoms with Crippen LogP contribution in [0.2, 0.25) is 0 Å². The van der Waals surface area contributed by atoms with Crippen LogP contribution in [-0.2, 0) is 14.6 Å². The Morgan fingerprint density at radius 2 is 1.94 bits per heavy atom. The minimum absolute atomic E-state index is 0.0417. The predicted molar refractivity (Wildman–Crippen MR) is 63.3 cm³/mol. The van der Waals surface area contributed by atoms with Crippen LogP contribution in [0.25, 0.3) is 0 Å². The van der Waals surface area contributed by atoms with Crippen molar-refractivity contribution in [2.24, 2.45) is 0 Å². The quantitative estimate of drug-likeness (QED) is 0.684. The van der Waals surface area contributed by atoms with Crippen molar-refractivity contribution in [3.05, 3.63) is 0 Å². The number of sulfone groups is 1. The fourth-order valence-corrected chi connectivity index (χ4v) is 2.27. The third kappa shape index (κ3) is 6.07. The molecule has 0 saturated heterocycles. The van der Waals surface area contributed by atoms with E-state index in [2.05, 4.69) is 0 Å². The first-order valence-electron chi connectivity index (χ1n) is 5.48. The maximum absolute atomic E-state index is 11.3. The molecule has 0 aliphatic carbocycles. The van der Waals surface area contributed by atoms with E-state index in [4.69, 9.17) is 5.11 Å². The standard InChI is InChI=1S/C10H21NO4S/c1-4-11(9(3)8-10(12)13)6-7-16(14,15)5-2/h9H,4-8H2,1-3H3,(H,12,13). The van der Waals surface area contributed by atoms with Crippen LogP contribution in [0.5, 0.6) is 0 Å². The van der Waals surface area contributed by atoms with E-state index >= 15 is 0 Å². The highest BCUT2D eigenvalue weighted by molar-refractivity contribution is 7.91. The third-order valence-corrected chi connectivity index (χ3v) is 4.31. The molecule has 0 aromatic carbocycles. The average Bonchev–Trinajstić information content (AvgIpc) is 2.17. The van der Waals surface area contributed by atoms with Crippen LogP contribution in [0.15, 0.2) is 0 Å². The molecule has 0 aliphatic heterocycles. The van der Waals surface area contributed by atoms with Gasteiger partial charge in [0.1, 0.15) is 0 Å². The van der Waals surface area contributed by atoms with Gasteiger partial charge in [0.25, 0.3) is 0 Å². The molecule has 0 spiro atoms. The summed E-state index contributed by atoms with van der Waals surface area (Å²) >= 11 is 0. The Morgan fingerprint density at radius 3 is 2.31 bits per heavy atom. The molecule has 0 rings (SSSR count). The molecule has 0 aliphatic rings. The molecule has 1 unspecified atom stereocenters. The van der Waals surface area contributed by atoms with Crippen molar-refractivity contribution in [3.8, 4) is 0 Å². The Labute approximate surface area is 97.4 Å². The molecule has 0 amide bonds. The molecular weight excluding hydrogens is 230 g/mol. The Hall–Kier alpha value is -0.620. The maximum atomic E-state index is 11.3. The van der Waals surface area contributed by atoms with Gasteiger partial charge in [0.2, 0.25) is 0 Å². The number of carbonyl (C=O) groups is 1. The van der Waals surface area contributed by atoms with Crippen molar-refractivity contribution in [2.75, 3.05) is 24.6 Å². The van der Waals surface area contributed by atoms with E-state index in [1.165, 1.54) is 0 Å². The van der Waals surface area contributed by atoms with Gasteiger partial charge in [-0.15, -0.1) is 0 Å². The van der Waals surface area contributed by atoms with Gasteiger partial charge in [0, 0.05) is 18.3 Å². The number of hydrogen-bond acceptors (Lipinski definition) is 4. The van der Waals surface area contributed by atoms with Gasteiger partial charge >= 0.3 is 5.97 Å². The summed E-state index contributed by atoms with van der Waals surface area (Å²) in [6.45, 7) is 6.38. The average molecular weight is 251 g/mol. The van der Waals surface area contributed by atoms with Gasteiger partial charge in [-0.2, -0.15) is 0 Å². The van der Waals surface area contributed by atoms with E-state index in [9.17, 15) is 13.2 Å². The molecule has 96 valence electrons. The van der Waals surface area contributed by atoms with E-state index in [1.807, 2.05) is 11.8 Å². The summed E-state index contributed by atoms with van der Waals surface area (Å²) in [4.78, 5) is 12.4. The fourth-order valence-electron chi connectivity index (χ4n) is 1.47. The normalized spacial score (nSPS) is 14.0.